The number of carbonyl (C=O) groups is 1. The predicted octanol–water partition coefficient (Wildman–Crippen LogP) is 6.92. The molecule has 6 heteroatoms. The number of aromatic nitrogens is 2. The zero-order valence-electron chi connectivity index (χ0n) is 22.8. The third-order valence-corrected chi connectivity index (χ3v) is 7.21. The molecule has 5 aromatic rings. The number of nitrogens with one attached hydrogen (secondary N) is 1. The van der Waals surface area contributed by atoms with E-state index in [4.69, 9.17) is 9.15 Å². The van der Waals surface area contributed by atoms with Crippen molar-refractivity contribution in [2.24, 2.45) is 0 Å². The minimum absolute atomic E-state index is 0.111. The van der Waals surface area contributed by atoms with Crippen LogP contribution in [0.4, 0.5) is 0 Å². The number of ether oxygens (including phenoxy) is 1. The summed E-state index contributed by atoms with van der Waals surface area (Å²) in [6.45, 7) is 8.98. The molecule has 6 nitrogen and oxygen atoms in total. The van der Waals surface area contributed by atoms with E-state index in [2.05, 4.69) is 60.7 Å². The molecule has 0 aliphatic heterocycles. The monoisotopic (exact) mass is 519 g/mol. The van der Waals surface area contributed by atoms with Crippen LogP contribution in [-0.2, 0) is 18.6 Å². The maximum atomic E-state index is 12.8. The summed E-state index contributed by atoms with van der Waals surface area (Å²) in [5, 5.41) is 7.60. The Morgan fingerprint density at radius 3 is 2.21 bits per heavy atom. The lowest BCUT2D eigenvalue weighted by molar-refractivity contribution is 0.0919. The summed E-state index contributed by atoms with van der Waals surface area (Å²) in [5.74, 6) is 1.30. The molecule has 0 aliphatic carbocycles. The molecule has 0 unspecified atom stereocenters. The van der Waals surface area contributed by atoms with Gasteiger partial charge >= 0.3 is 0 Å². The summed E-state index contributed by atoms with van der Waals surface area (Å²) in [6.07, 6.45) is 0. The molecular formula is C33H33N3O3. The van der Waals surface area contributed by atoms with Crippen LogP contribution in [0, 0.1) is 13.8 Å². The van der Waals surface area contributed by atoms with Gasteiger partial charge in [-0.3, -0.25) is 4.79 Å². The average molecular weight is 520 g/mol. The van der Waals surface area contributed by atoms with Crippen molar-refractivity contribution >= 4 is 5.91 Å². The first-order valence-electron chi connectivity index (χ1n) is 13.1. The molecule has 1 amide bonds. The smallest absolute Gasteiger partial charge is 0.287 e. The fourth-order valence-electron chi connectivity index (χ4n) is 4.73. The lowest BCUT2D eigenvalue weighted by atomic mass is 9.78. The first-order valence-corrected chi connectivity index (χ1v) is 13.1. The normalized spacial score (nSPS) is 11.4. The second-order valence-electron chi connectivity index (χ2n) is 10.1. The molecule has 2 heterocycles. The van der Waals surface area contributed by atoms with E-state index in [1.54, 1.807) is 12.1 Å². The molecule has 1 N–H and O–H groups in total. The molecule has 0 saturated heterocycles. The summed E-state index contributed by atoms with van der Waals surface area (Å²) >= 11 is 0. The van der Waals surface area contributed by atoms with Crippen LogP contribution in [0.3, 0.4) is 0 Å². The van der Waals surface area contributed by atoms with Crippen molar-refractivity contribution in [3.63, 3.8) is 0 Å². The number of furan rings is 1. The van der Waals surface area contributed by atoms with Gasteiger partial charge in [0.15, 0.2) is 5.76 Å². The number of hydrogen-bond donors (Lipinski definition) is 1. The molecule has 0 bridgehead atoms. The van der Waals surface area contributed by atoms with Gasteiger partial charge in [-0.2, -0.15) is 5.10 Å². The summed E-state index contributed by atoms with van der Waals surface area (Å²) in [4.78, 5) is 12.8. The van der Waals surface area contributed by atoms with Crippen molar-refractivity contribution in [1.82, 2.24) is 15.1 Å². The van der Waals surface area contributed by atoms with E-state index in [1.807, 2.05) is 67.1 Å². The van der Waals surface area contributed by atoms with Crippen LogP contribution in [-0.4, -0.2) is 15.7 Å². The second kappa shape index (κ2) is 11.0. The Kier molecular flexibility index (Phi) is 7.37. The zero-order valence-corrected chi connectivity index (χ0v) is 22.8. The van der Waals surface area contributed by atoms with Gasteiger partial charge in [-0.25, -0.2) is 4.68 Å². The molecule has 0 aliphatic rings. The minimum Gasteiger partial charge on any atom is -0.486 e. The topological polar surface area (TPSA) is 69.3 Å². The zero-order chi connectivity index (χ0) is 27.4. The van der Waals surface area contributed by atoms with Gasteiger partial charge in [0, 0.05) is 23.2 Å². The number of amides is 1. The number of nitrogens with zero attached hydrogens (tertiary/aromatic N) is 2. The number of aryl methyl sites for hydroxylation is 1. The molecule has 0 spiro atoms. The van der Waals surface area contributed by atoms with Gasteiger partial charge in [-0.05, 0) is 61.4 Å². The van der Waals surface area contributed by atoms with E-state index in [0.29, 0.717) is 12.3 Å². The van der Waals surface area contributed by atoms with Crippen LogP contribution >= 0.6 is 0 Å². The highest BCUT2D eigenvalue weighted by molar-refractivity contribution is 5.91. The van der Waals surface area contributed by atoms with Gasteiger partial charge < -0.3 is 14.5 Å². The van der Waals surface area contributed by atoms with Crippen LogP contribution in [0.1, 0.15) is 58.2 Å². The Morgan fingerprint density at radius 2 is 1.51 bits per heavy atom. The highest BCUT2D eigenvalue weighted by atomic mass is 16.5. The van der Waals surface area contributed by atoms with E-state index in [1.165, 1.54) is 11.1 Å². The summed E-state index contributed by atoms with van der Waals surface area (Å²) in [7, 11) is 0. The molecule has 5 rings (SSSR count). The maximum Gasteiger partial charge on any atom is 0.287 e. The quantitative estimate of drug-likeness (QED) is 0.230. The lowest BCUT2D eigenvalue weighted by Gasteiger charge is -2.26. The molecule has 2 aromatic heterocycles. The molecule has 39 heavy (non-hydrogen) atoms. The molecule has 0 radical (unpaired) electrons. The minimum atomic E-state index is -0.278. The third kappa shape index (κ3) is 5.65. The third-order valence-electron chi connectivity index (χ3n) is 7.21. The molecule has 0 fully saturated rings. The van der Waals surface area contributed by atoms with Crippen LogP contribution in [0.5, 0.6) is 5.75 Å². The Balaban J connectivity index is 1.17. The largest absolute Gasteiger partial charge is 0.486 e. The van der Waals surface area contributed by atoms with Gasteiger partial charge in [0.05, 0.1) is 11.4 Å². The fraction of sp³-hybridized carbons (Fsp3) is 0.212. The van der Waals surface area contributed by atoms with E-state index >= 15 is 0 Å². The maximum absolute atomic E-state index is 12.8. The van der Waals surface area contributed by atoms with Crippen molar-refractivity contribution in [2.75, 3.05) is 0 Å². The SMILES string of the molecule is Cc1nn(-c2ccccc2)c(C)c1CNC(=O)c1ccc(COc2ccc(C(C)(C)c3ccccc3)cc2)o1. The Labute approximate surface area is 229 Å². The van der Waals surface area contributed by atoms with Crippen LogP contribution in [0.25, 0.3) is 5.69 Å². The summed E-state index contributed by atoms with van der Waals surface area (Å²) < 4.78 is 13.6. The van der Waals surface area contributed by atoms with Gasteiger partial charge in [-0.1, -0.05) is 74.5 Å². The molecule has 0 saturated carbocycles. The van der Waals surface area contributed by atoms with Crippen molar-refractivity contribution in [2.45, 2.75) is 46.3 Å². The molecule has 198 valence electrons. The van der Waals surface area contributed by atoms with Crippen LogP contribution < -0.4 is 10.1 Å². The van der Waals surface area contributed by atoms with Crippen molar-refractivity contribution in [3.8, 4) is 11.4 Å². The Bertz CT molecular complexity index is 1550. The van der Waals surface area contributed by atoms with Crippen molar-refractivity contribution in [1.29, 1.82) is 0 Å². The van der Waals surface area contributed by atoms with Gasteiger partial charge in [0.1, 0.15) is 18.1 Å². The van der Waals surface area contributed by atoms with Crippen LogP contribution in [0.2, 0.25) is 0 Å². The fourth-order valence-corrected chi connectivity index (χ4v) is 4.73. The number of benzene rings is 3. The van der Waals surface area contributed by atoms with E-state index < -0.39 is 0 Å². The lowest BCUT2D eigenvalue weighted by Crippen LogP contribution is -2.23. The average Bonchev–Trinajstić information content (AvgIpc) is 3.56. The Morgan fingerprint density at radius 1 is 0.872 bits per heavy atom. The second-order valence-corrected chi connectivity index (χ2v) is 10.1. The van der Waals surface area contributed by atoms with Gasteiger partial charge in [0.2, 0.25) is 0 Å². The molecule has 3 aromatic carbocycles. The predicted molar refractivity (Wildman–Crippen MR) is 152 cm³/mol. The van der Waals surface area contributed by atoms with Crippen molar-refractivity contribution in [3.05, 3.63) is 137 Å². The number of hydrogen-bond acceptors (Lipinski definition) is 4. The molecule has 0 atom stereocenters. The highest BCUT2D eigenvalue weighted by Crippen LogP contribution is 2.32. The number of rotatable bonds is 9. The summed E-state index contributed by atoms with van der Waals surface area (Å²) in [5.41, 5.74) is 6.20. The molecular weight excluding hydrogens is 486 g/mol. The Hall–Kier alpha value is -4.58. The highest BCUT2D eigenvalue weighted by Gasteiger charge is 2.22. The number of carbonyl (C=O) groups excluding carboxylic acids is 1. The van der Waals surface area contributed by atoms with Gasteiger partial charge in [0.25, 0.3) is 5.91 Å². The van der Waals surface area contributed by atoms with Crippen LogP contribution in [0.15, 0.2) is 101 Å². The summed E-state index contributed by atoms with van der Waals surface area (Å²) in [6, 6.07) is 32.0. The van der Waals surface area contributed by atoms with Crippen molar-refractivity contribution < 1.29 is 13.9 Å². The standard InChI is InChI=1S/C33H33N3O3/c1-23-30(24(2)36(35-23)27-13-9-6-10-14-27)21-34-32(37)31-20-19-29(39-31)22-38-28-17-15-26(16-18-28)33(3,4)25-11-7-5-8-12-25/h5-20H,21-22H2,1-4H3,(H,34,37). The number of para-hydroxylation sites is 1. The van der Waals surface area contributed by atoms with E-state index in [-0.39, 0.29) is 23.7 Å². The van der Waals surface area contributed by atoms with E-state index in [9.17, 15) is 4.79 Å². The van der Waals surface area contributed by atoms with Gasteiger partial charge in [-0.15, -0.1) is 0 Å². The first kappa shape index (κ1) is 26.0. The first-order chi connectivity index (χ1) is 18.8. The van der Waals surface area contributed by atoms with E-state index in [0.717, 1.165) is 28.4 Å².